The molecule has 0 fully saturated rings. The van der Waals surface area contributed by atoms with E-state index in [1.165, 1.54) is 0 Å². The molecule has 0 aliphatic rings. The Hall–Kier alpha value is -4.50. The highest BCUT2D eigenvalue weighted by atomic mass is 79.9. The van der Waals surface area contributed by atoms with E-state index in [0.717, 1.165) is 31.9 Å². The van der Waals surface area contributed by atoms with E-state index in [1.807, 2.05) is 60.7 Å². The summed E-state index contributed by atoms with van der Waals surface area (Å²) < 4.78 is 30.1. The molecule has 41 heavy (non-hydrogen) atoms. The van der Waals surface area contributed by atoms with Crippen molar-refractivity contribution < 1.29 is 33.3 Å². The van der Waals surface area contributed by atoms with E-state index >= 15 is 0 Å². The SMILES string of the molecule is CCOC(=O)C(=O)c1c(-c2ccc(Br)cc2)c(-c2ccc(OC)c(OC)c2)c2c3cc(OC)c(OC)cc3ccn12. The van der Waals surface area contributed by atoms with E-state index < -0.39 is 11.8 Å². The summed E-state index contributed by atoms with van der Waals surface area (Å²) in [5, 5.41) is 1.64. The van der Waals surface area contributed by atoms with Gasteiger partial charge in [-0.1, -0.05) is 34.1 Å². The van der Waals surface area contributed by atoms with Crippen molar-refractivity contribution in [3.63, 3.8) is 0 Å². The van der Waals surface area contributed by atoms with Crippen LogP contribution in [0.25, 0.3) is 38.5 Å². The van der Waals surface area contributed by atoms with Crippen molar-refractivity contribution in [1.82, 2.24) is 4.40 Å². The predicted octanol–water partition coefficient (Wildman–Crippen LogP) is 6.97. The minimum atomic E-state index is -0.934. The van der Waals surface area contributed by atoms with Crippen LogP contribution in [0.4, 0.5) is 0 Å². The molecule has 0 spiro atoms. The van der Waals surface area contributed by atoms with Crippen LogP contribution in [0.1, 0.15) is 17.4 Å². The number of halogens is 1. The molecule has 2 heterocycles. The molecule has 9 heteroatoms. The van der Waals surface area contributed by atoms with Crippen LogP contribution in [0.15, 0.2) is 71.3 Å². The van der Waals surface area contributed by atoms with Crippen LogP contribution < -0.4 is 18.9 Å². The van der Waals surface area contributed by atoms with Crippen LogP contribution in [-0.2, 0) is 9.53 Å². The van der Waals surface area contributed by atoms with Gasteiger partial charge in [0, 0.05) is 27.2 Å². The molecule has 2 aromatic heterocycles. The zero-order chi connectivity index (χ0) is 29.3. The number of nitrogens with zero attached hydrogens (tertiary/aromatic N) is 1. The van der Waals surface area contributed by atoms with Gasteiger partial charge in [0.15, 0.2) is 23.0 Å². The summed E-state index contributed by atoms with van der Waals surface area (Å²) in [4.78, 5) is 26.8. The van der Waals surface area contributed by atoms with Crippen LogP contribution in [0.3, 0.4) is 0 Å². The third-order valence-electron chi connectivity index (χ3n) is 6.90. The second-order valence-corrected chi connectivity index (χ2v) is 9.97. The molecular weight excluding hydrogens is 590 g/mol. The number of benzene rings is 3. The Balaban J connectivity index is 2.02. The monoisotopic (exact) mass is 617 g/mol. The first-order valence-electron chi connectivity index (χ1n) is 12.8. The first-order valence-corrected chi connectivity index (χ1v) is 13.6. The van der Waals surface area contributed by atoms with E-state index in [2.05, 4.69) is 15.9 Å². The molecule has 0 bridgehead atoms. The third kappa shape index (κ3) is 4.86. The zero-order valence-electron chi connectivity index (χ0n) is 23.2. The average molecular weight is 618 g/mol. The number of hydrogen-bond acceptors (Lipinski definition) is 7. The smallest absolute Gasteiger partial charge is 0.381 e. The van der Waals surface area contributed by atoms with Gasteiger partial charge in [0.05, 0.1) is 40.6 Å². The van der Waals surface area contributed by atoms with Crippen LogP contribution >= 0.6 is 15.9 Å². The lowest BCUT2D eigenvalue weighted by molar-refractivity contribution is -0.137. The summed E-state index contributed by atoms with van der Waals surface area (Å²) in [7, 11) is 6.29. The quantitative estimate of drug-likeness (QED) is 0.100. The van der Waals surface area contributed by atoms with Gasteiger partial charge in [-0.3, -0.25) is 4.79 Å². The van der Waals surface area contributed by atoms with Gasteiger partial charge in [0.2, 0.25) is 0 Å². The van der Waals surface area contributed by atoms with Crippen molar-refractivity contribution in [2.24, 2.45) is 0 Å². The minimum absolute atomic E-state index is 0.0734. The van der Waals surface area contributed by atoms with Gasteiger partial charge in [-0.2, -0.15) is 0 Å². The van der Waals surface area contributed by atoms with Crippen LogP contribution in [-0.4, -0.2) is 51.2 Å². The topological polar surface area (TPSA) is 84.7 Å². The van der Waals surface area contributed by atoms with Crippen molar-refractivity contribution in [2.45, 2.75) is 6.92 Å². The first-order chi connectivity index (χ1) is 19.9. The van der Waals surface area contributed by atoms with Crippen LogP contribution in [0.5, 0.6) is 23.0 Å². The highest BCUT2D eigenvalue weighted by molar-refractivity contribution is 9.10. The van der Waals surface area contributed by atoms with E-state index in [1.54, 1.807) is 46.0 Å². The molecule has 0 saturated heterocycles. The Morgan fingerprint density at radius 2 is 1.34 bits per heavy atom. The summed E-state index contributed by atoms with van der Waals surface area (Å²) in [5.74, 6) is 0.478. The Kier molecular flexibility index (Phi) is 7.90. The summed E-state index contributed by atoms with van der Waals surface area (Å²) in [6, 6.07) is 18.8. The van der Waals surface area contributed by atoms with Gasteiger partial charge >= 0.3 is 5.97 Å². The van der Waals surface area contributed by atoms with E-state index in [4.69, 9.17) is 23.7 Å². The number of ketones is 1. The molecule has 0 amide bonds. The predicted molar refractivity (Wildman–Crippen MR) is 161 cm³/mol. The number of hydrogen-bond donors (Lipinski definition) is 0. The van der Waals surface area contributed by atoms with Crippen molar-refractivity contribution in [1.29, 1.82) is 0 Å². The van der Waals surface area contributed by atoms with Crippen molar-refractivity contribution in [3.05, 3.63) is 77.0 Å². The van der Waals surface area contributed by atoms with Gasteiger partial charge in [-0.25, -0.2) is 4.79 Å². The maximum Gasteiger partial charge on any atom is 0.381 e. The molecule has 5 aromatic rings. The largest absolute Gasteiger partial charge is 0.493 e. The molecule has 8 nitrogen and oxygen atoms in total. The molecule has 0 radical (unpaired) electrons. The maximum absolute atomic E-state index is 13.8. The molecule has 5 rings (SSSR count). The lowest BCUT2D eigenvalue weighted by Gasteiger charge is -2.13. The number of methoxy groups -OCH3 is 4. The number of aromatic nitrogens is 1. The number of rotatable bonds is 9. The summed E-state index contributed by atoms with van der Waals surface area (Å²) in [6.45, 7) is 1.74. The van der Waals surface area contributed by atoms with Crippen molar-refractivity contribution >= 4 is 44.0 Å². The fraction of sp³-hybridized carbons (Fsp3) is 0.188. The fourth-order valence-corrected chi connectivity index (χ4v) is 5.35. The lowest BCUT2D eigenvalue weighted by Crippen LogP contribution is -2.20. The molecule has 0 aliphatic heterocycles. The molecule has 0 saturated carbocycles. The number of fused-ring (bicyclic) bond motifs is 3. The number of pyridine rings is 1. The number of carbonyl (C=O) groups excluding carboxylic acids is 2. The van der Waals surface area contributed by atoms with Gasteiger partial charge in [0.25, 0.3) is 5.78 Å². The highest BCUT2D eigenvalue weighted by Gasteiger charge is 2.31. The van der Waals surface area contributed by atoms with Gasteiger partial charge in [-0.15, -0.1) is 0 Å². The maximum atomic E-state index is 13.8. The second-order valence-electron chi connectivity index (χ2n) is 9.05. The Morgan fingerprint density at radius 1 is 0.732 bits per heavy atom. The number of carbonyl (C=O) groups is 2. The highest BCUT2D eigenvalue weighted by Crippen LogP contribution is 2.46. The average Bonchev–Trinajstić information content (AvgIpc) is 3.35. The van der Waals surface area contributed by atoms with Crippen LogP contribution in [0, 0.1) is 0 Å². The van der Waals surface area contributed by atoms with Crippen molar-refractivity contribution in [3.8, 4) is 45.3 Å². The van der Waals surface area contributed by atoms with Gasteiger partial charge in [0.1, 0.15) is 5.69 Å². The van der Waals surface area contributed by atoms with Crippen LogP contribution in [0.2, 0.25) is 0 Å². The van der Waals surface area contributed by atoms with E-state index in [-0.39, 0.29) is 12.3 Å². The third-order valence-corrected chi connectivity index (χ3v) is 7.43. The number of ether oxygens (including phenoxy) is 5. The second kappa shape index (κ2) is 11.5. The van der Waals surface area contributed by atoms with Gasteiger partial charge in [-0.05, 0) is 65.9 Å². The molecule has 0 aliphatic carbocycles. The molecule has 0 unspecified atom stereocenters. The van der Waals surface area contributed by atoms with Crippen molar-refractivity contribution in [2.75, 3.05) is 35.0 Å². The number of Topliss-reactive ketones (excluding diaryl/α,β-unsaturated/α-hetero) is 1. The number of esters is 1. The first kappa shape index (κ1) is 28.0. The molecular formula is C32H28BrNO7. The minimum Gasteiger partial charge on any atom is -0.493 e. The lowest BCUT2D eigenvalue weighted by atomic mass is 9.93. The Bertz CT molecular complexity index is 1790. The summed E-state index contributed by atoms with van der Waals surface area (Å²) >= 11 is 3.50. The normalized spacial score (nSPS) is 11.0. The zero-order valence-corrected chi connectivity index (χ0v) is 24.8. The molecule has 0 atom stereocenters. The molecule has 3 aromatic carbocycles. The van der Waals surface area contributed by atoms with E-state index in [0.29, 0.717) is 34.1 Å². The summed E-state index contributed by atoms with van der Waals surface area (Å²) in [5.41, 5.74) is 3.67. The standard InChI is InChI=1S/C32H28BrNO7/c1-6-41-32(36)31(35)30-27(18-7-10-21(33)11-8-18)28(20-9-12-23(37-2)24(16-20)38-3)29-22-17-26(40-5)25(39-4)15-19(22)13-14-34(29)30/h7-17H,6H2,1-5H3. The van der Waals surface area contributed by atoms with E-state index in [9.17, 15) is 9.59 Å². The Labute approximate surface area is 245 Å². The summed E-state index contributed by atoms with van der Waals surface area (Å²) in [6.07, 6.45) is 1.78. The molecule has 210 valence electrons. The Morgan fingerprint density at radius 3 is 1.98 bits per heavy atom. The fourth-order valence-electron chi connectivity index (χ4n) is 5.08. The molecule has 0 N–H and O–H groups in total. The van der Waals surface area contributed by atoms with Gasteiger partial charge < -0.3 is 28.1 Å².